The molecule has 0 bridgehead atoms. The highest BCUT2D eigenvalue weighted by Gasteiger charge is 2.30. The summed E-state index contributed by atoms with van der Waals surface area (Å²) < 4.78 is 20.1. The molecule has 2 fully saturated rings. The second-order valence-corrected chi connectivity index (χ2v) is 8.10. The van der Waals surface area contributed by atoms with Crippen LogP contribution in [0, 0.1) is 17.7 Å². The average molecular weight is 412 g/mol. The summed E-state index contributed by atoms with van der Waals surface area (Å²) in [6.07, 6.45) is 3.63. The first-order valence-corrected chi connectivity index (χ1v) is 10.4. The molecule has 1 aromatic carbocycles. The minimum Gasteiger partial charge on any atom is -0.481 e. The van der Waals surface area contributed by atoms with Gasteiger partial charge in [-0.2, -0.15) is 4.98 Å². The number of carbonyl (C=O) groups excluding carboxylic acids is 1. The number of carbonyl (C=O) groups is 2. The molecule has 0 amide bonds. The Labute approximate surface area is 174 Å². The summed E-state index contributed by atoms with van der Waals surface area (Å²) in [6.45, 7) is 1.53. The van der Waals surface area contributed by atoms with Gasteiger partial charge in [0.25, 0.3) is 0 Å². The standard InChI is InChI=1S/C23H25FN2O4/c24-19-13-17(23(29)16-4-5-16)6-7-18(19)14-30-21-3-1-2-20(25-21)26-10-8-15(9-11-26)12-22(27)28/h1-3,6-7,13,15-16H,4-5,8-12,14H2,(H,27,28). The van der Waals surface area contributed by atoms with Crippen molar-refractivity contribution in [1.29, 1.82) is 0 Å². The van der Waals surface area contributed by atoms with Crippen molar-refractivity contribution >= 4 is 17.6 Å². The van der Waals surface area contributed by atoms with E-state index in [1.807, 2.05) is 12.1 Å². The van der Waals surface area contributed by atoms with Gasteiger partial charge in [0.2, 0.25) is 5.88 Å². The highest BCUT2D eigenvalue weighted by molar-refractivity contribution is 5.99. The number of ether oxygens (including phenoxy) is 1. The van der Waals surface area contributed by atoms with Gasteiger partial charge in [-0.25, -0.2) is 4.39 Å². The lowest BCUT2D eigenvalue weighted by atomic mass is 9.94. The van der Waals surface area contributed by atoms with Gasteiger partial charge in [-0.05, 0) is 43.7 Å². The fourth-order valence-corrected chi connectivity index (χ4v) is 3.82. The van der Waals surface area contributed by atoms with E-state index in [9.17, 15) is 14.0 Å². The molecule has 1 aliphatic carbocycles. The highest BCUT2D eigenvalue weighted by Crippen LogP contribution is 2.33. The summed E-state index contributed by atoms with van der Waals surface area (Å²) >= 11 is 0. The SMILES string of the molecule is O=C(O)CC1CCN(c2cccc(OCc3ccc(C(=O)C4CC4)cc3F)n2)CC1. The van der Waals surface area contributed by atoms with E-state index in [0.717, 1.165) is 44.6 Å². The van der Waals surface area contributed by atoms with Crippen LogP contribution in [-0.4, -0.2) is 34.9 Å². The van der Waals surface area contributed by atoms with Gasteiger partial charge in [-0.1, -0.05) is 18.2 Å². The van der Waals surface area contributed by atoms with Gasteiger partial charge in [0.05, 0.1) is 0 Å². The molecular formula is C23H25FN2O4. The predicted octanol–water partition coefficient (Wildman–Crippen LogP) is 4.08. The van der Waals surface area contributed by atoms with Crippen LogP contribution in [-0.2, 0) is 11.4 Å². The van der Waals surface area contributed by atoms with Crippen molar-refractivity contribution in [2.75, 3.05) is 18.0 Å². The molecule has 2 heterocycles. The molecule has 0 radical (unpaired) electrons. The Bertz CT molecular complexity index is 937. The number of piperidine rings is 1. The van der Waals surface area contributed by atoms with E-state index in [1.54, 1.807) is 18.2 Å². The number of Topliss-reactive ketones (excluding diaryl/α,β-unsaturated/α-hetero) is 1. The first kappa shape index (κ1) is 20.3. The van der Waals surface area contributed by atoms with Crippen molar-refractivity contribution in [1.82, 2.24) is 4.98 Å². The number of benzene rings is 1. The number of pyridine rings is 1. The number of hydrogen-bond acceptors (Lipinski definition) is 5. The summed E-state index contributed by atoms with van der Waals surface area (Å²) in [5, 5.41) is 8.94. The van der Waals surface area contributed by atoms with Gasteiger partial charge in [0, 0.05) is 42.6 Å². The van der Waals surface area contributed by atoms with Crippen LogP contribution in [0.4, 0.5) is 10.2 Å². The zero-order chi connectivity index (χ0) is 21.1. The van der Waals surface area contributed by atoms with Gasteiger partial charge in [0.1, 0.15) is 18.2 Å². The van der Waals surface area contributed by atoms with Crippen LogP contribution in [0.1, 0.15) is 48.0 Å². The number of anilines is 1. The number of nitrogens with zero attached hydrogens (tertiary/aromatic N) is 2. The topological polar surface area (TPSA) is 79.7 Å². The van der Waals surface area contributed by atoms with Crippen LogP contribution in [0.2, 0.25) is 0 Å². The summed E-state index contributed by atoms with van der Waals surface area (Å²) in [5.74, 6) is 0.258. The molecule has 2 aromatic rings. The van der Waals surface area contributed by atoms with E-state index in [4.69, 9.17) is 9.84 Å². The number of carboxylic acids is 1. The lowest BCUT2D eigenvalue weighted by Gasteiger charge is -2.32. The second-order valence-electron chi connectivity index (χ2n) is 8.10. The van der Waals surface area contributed by atoms with Crippen LogP contribution >= 0.6 is 0 Å². The van der Waals surface area contributed by atoms with Crippen molar-refractivity contribution < 1.29 is 23.8 Å². The molecule has 1 saturated heterocycles. The lowest BCUT2D eigenvalue weighted by Crippen LogP contribution is -2.34. The maximum absolute atomic E-state index is 14.4. The fraction of sp³-hybridized carbons (Fsp3) is 0.435. The Morgan fingerprint density at radius 1 is 1.13 bits per heavy atom. The molecule has 2 aliphatic rings. The third-order valence-electron chi connectivity index (χ3n) is 5.77. The molecule has 30 heavy (non-hydrogen) atoms. The molecule has 1 aliphatic heterocycles. The Morgan fingerprint density at radius 3 is 2.57 bits per heavy atom. The third-order valence-corrected chi connectivity index (χ3v) is 5.77. The summed E-state index contributed by atoms with van der Waals surface area (Å²) in [7, 11) is 0. The van der Waals surface area contributed by atoms with Crippen LogP contribution in [0.15, 0.2) is 36.4 Å². The number of hydrogen-bond donors (Lipinski definition) is 1. The van der Waals surface area contributed by atoms with Crippen molar-refractivity contribution in [2.45, 2.75) is 38.7 Å². The van der Waals surface area contributed by atoms with E-state index in [2.05, 4.69) is 9.88 Å². The van der Waals surface area contributed by atoms with Crippen molar-refractivity contribution in [3.8, 4) is 5.88 Å². The number of rotatable bonds is 8. The molecular weight excluding hydrogens is 387 g/mol. The zero-order valence-corrected chi connectivity index (χ0v) is 16.7. The molecule has 0 unspecified atom stereocenters. The molecule has 1 aromatic heterocycles. The Hall–Kier alpha value is -2.96. The fourth-order valence-electron chi connectivity index (χ4n) is 3.82. The maximum Gasteiger partial charge on any atom is 0.303 e. The second kappa shape index (κ2) is 8.81. The summed E-state index contributed by atoms with van der Waals surface area (Å²) in [4.78, 5) is 29.6. The lowest BCUT2D eigenvalue weighted by molar-refractivity contribution is -0.138. The normalized spacial score (nSPS) is 17.0. The third kappa shape index (κ3) is 4.96. The molecule has 4 rings (SSSR count). The first-order chi connectivity index (χ1) is 14.5. The van der Waals surface area contributed by atoms with E-state index in [1.165, 1.54) is 6.07 Å². The first-order valence-electron chi connectivity index (χ1n) is 10.4. The van der Waals surface area contributed by atoms with Gasteiger partial charge < -0.3 is 14.7 Å². The Morgan fingerprint density at radius 2 is 1.90 bits per heavy atom. The van der Waals surface area contributed by atoms with Gasteiger partial charge in [-0.15, -0.1) is 0 Å². The summed E-state index contributed by atoms with van der Waals surface area (Å²) in [6, 6.07) is 10.0. The van der Waals surface area contributed by atoms with Crippen LogP contribution in [0.5, 0.6) is 5.88 Å². The van der Waals surface area contributed by atoms with E-state index >= 15 is 0 Å². The van der Waals surface area contributed by atoms with E-state index < -0.39 is 11.8 Å². The van der Waals surface area contributed by atoms with Crippen molar-refractivity contribution in [3.05, 3.63) is 53.3 Å². The van der Waals surface area contributed by atoms with Gasteiger partial charge in [0.15, 0.2) is 5.78 Å². The van der Waals surface area contributed by atoms with Crippen LogP contribution in [0.3, 0.4) is 0 Å². The number of ketones is 1. The number of carboxylic acid groups (broad SMARTS) is 1. The Balaban J connectivity index is 1.35. The average Bonchev–Trinajstić information content (AvgIpc) is 3.58. The quantitative estimate of drug-likeness (QED) is 0.658. The minimum absolute atomic E-state index is 0.0165. The molecule has 1 saturated carbocycles. The molecule has 6 nitrogen and oxygen atoms in total. The molecule has 7 heteroatoms. The maximum atomic E-state index is 14.4. The Kier molecular flexibility index (Phi) is 5.97. The zero-order valence-electron chi connectivity index (χ0n) is 16.7. The van der Waals surface area contributed by atoms with E-state index in [0.29, 0.717) is 17.0 Å². The molecule has 1 N–H and O–H groups in total. The number of halogens is 1. The summed E-state index contributed by atoms with van der Waals surface area (Å²) in [5.41, 5.74) is 0.800. The predicted molar refractivity (Wildman–Crippen MR) is 109 cm³/mol. The molecule has 0 spiro atoms. The number of aromatic nitrogens is 1. The largest absolute Gasteiger partial charge is 0.481 e. The van der Waals surface area contributed by atoms with Gasteiger partial charge in [-0.3, -0.25) is 9.59 Å². The monoisotopic (exact) mass is 412 g/mol. The molecule has 0 atom stereocenters. The van der Waals surface area contributed by atoms with E-state index in [-0.39, 0.29) is 30.6 Å². The van der Waals surface area contributed by atoms with Crippen molar-refractivity contribution in [3.63, 3.8) is 0 Å². The van der Waals surface area contributed by atoms with Gasteiger partial charge >= 0.3 is 5.97 Å². The minimum atomic E-state index is -0.751. The molecule has 158 valence electrons. The number of aliphatic carboxylic acids is 1. The smallest absolute Gasteiger partial charge is 0.303 e. The highest BCUT2D eigenvalue weighted by atomic mass is 19.1. The van der Waals surface area contributed by atoms with Crippen LogP contribution in [0.25, 0.3) is 0 Å². The van der Waals surface area contributed by atoms with Crippen LogP contribution < -0.4 is 9.64 Å². The van der Waals surface area contributed by atoms with Crippen molar-refractivity contribution in [2.24, 2.45) is 11.8 Å².